The largest absolute Gasteiger partial charge is 0.463 e. The molecule has 0 saturated heterocycles. The van der Waals surface area contributed by atoms with E-state index in [1.54, 1.807) is 6.07 Å². The summed E-state index contributed by atoms with van der Waals surface area (Å²) in [7, 11) is 0. The molecule has 172 valence electrons. The number of aliphatic hydroxyl groups excluding tert-OH is 1. The number of aliphatic hydroxyl groups is 1. The fourth-order valence-electron chi connectivity index (χ4n) is 3.78. The predicted octanol–water partition coefficient (Wildman–Crippen LogP) is 3.83. The van der Waals surface area contributed by atoms with Crippen LogP contribution >= 0.6 is 0 Å². The minimum absolute atomic E-state index is 0.0744. The lowest BCUT2D eigenvalue weighted by Crippen LogP contribution is -2.39. The van der Waals surface area contributed by atoms with E-state index in [4.69, 9.17) is 9.57 Å². The van der Waals surface area contributed by atoms with Crippen LogP contribution in [0.1, 0.15) is 42.9 Å². The molecule has 3 rings (SSSR count). The molecule has 2 atom stereocenters. The van der Waals surface area contributed by atoms with Gasteiger partial charge in [0.15, 0.2) is 0 Å². The number of carbonyl (C=O) groups is 1. The predicted molar refractivity (Wildman–Crippen MR) is 121 cm³/mol. The molecule has 0 spiro atoms. The van der Waals surface area contributed by atoms with Crippen molar-refractivity contribution in [1.82, 2.24) is 4.90 Å². The standard InChI is InChI=1S/C25H31FN2O4/c1-3-7-25(30)31-17-21(29)15-28(14-19-9-6-10-20(26)12-19)16-22-13-24(27-32-22)23-11-5-4-8-18(23)2/h4-6,8-12,21-22,29H,3,7,13-17H2,1-2H3. The van der Waals surface area contributed by atoms with Crippen LogP contribution < -0.4 is 0 Å². The van der Waals surface area contributed by atoms with Gasteiger partial charge >= 0.3 is 5.97 Å². The Kier molecular flexibility index (Phi) is 8.76. The second-order valence-electron chi connectivity index (χ2n) is 8.20. The van der Waals surface area contributed by atoms with Crippen LogP contribution in [0.5, 0.6) is 0 Å². The third-order valence-corrected chi connectivity index (χ3v) is 5.31. The number of halogens is 1. The minimum atomic E-state index is -0.859. The van der Waals surface area contributed by atoms with E-state index < -0.39 is 6.10 Å². The Labute approximate surface area is 188 Å². The molecule has 0 fully saturated rings. The highest BCUT2D eigenvalue weighted by Gasteiger charge is 2.26. The van der Waals surface area contributed by atoms with Crippen LogP contribution in [0.15, 0.2) is 53.7 Å². The second-order valence-corrected chi connectivity index (χ2v) is 8.20. The molecule has 0 radical (unpaired) electrons. The lowest BCUT2D eigenvalue weighted by atomic mass is 10.00. The maximum absolute atomic E-state index is 13.7. The summed E-state index contributed by atoms with van der Waals surface area (Å²) in [6.45, 7) is 5.04. The zero-order valence-corrected chi connectivity index (χ0v) is 18.7. The SMILES string of the molecule is CCCC(=O)OCC(O)CN(Cc1cccc(F)c1)CC1CC(c2ccccc2C)=NO1. The Hall–Kier alpha value is -2.77. The fraction of sp³-hybridized carbons (Fsp3) is 0.440. The molecule has 6 nitrogen and oxygen atoms in total. The van der Waals surface area contributed by atoms with Gasteiger partial charge in [-0.2, -0.15) is 0 Å². The maximum atomic E-state index is 13.7. The molecule has 2 aromatic carbocycles. The first kappa shape index (κ1) is 23.9. The van der Waals surface area contributed by atoms with Crippen LogP contribution in [0.3, 0.4) is 0 Å². The Morgan fingerprint density at radius 3 is 2.88 bits per heavy atom. The Balaban J connectivity index is 1.62. The molecule has 1 N–H and O–H groups in total. The molecule has 32 heavy (non-hydrogen) atoms. The molecule has 2 aromatic rings. The van der Waals surface area contributed by atoms with Crippen molar-refractivity contribution < 1.29 is 23.9 Å². The van der Waals surface area contributed by atoms with Crippen molar-refractivity contribution in [3.05, 3.63) is 71.0 Å². The number of rotatable bonds is 11. The van der Waals surface area contributed by atoms with Gasteiger partial charge < -0.3 is 14.7 Å². The third kappa shape index (κ3) is 7.14. The smallest absolute Gasteiger partial charge is 0.305 e. The first-order chi connectivity index (χ1) is 15.4. The highest BCUT2D eigenvalue weighted by atomic mass is 19.1. The number of aryl methyl sites for hydroxylation is 1. The Morgan fingerprint density at radius 1 is 1.31 bits per heavy atom. The third-order valence-electron chi connectivity index (χ3n) is 5.31. The van der Waals surface area contributed by atoms with Gasteiger partial charge in [-0.15, -0.1) is 0 Å². The van der Waals surface area contributed by atoms with Crippen LogP contribution in [0.4, 0.5) is 4.39 Å². The topological polar surface area (TPSA) is 71.4 Å². The van der Waals surface area contributed by atoms with Gasteiger partial charge in [-0.25, -0.2) is 4.39 Å². The monoisotopic (exact) mass is 442 g/mol. The van der Waals surface area contributed by atoms with Gasteiger partial charge in [-0.1, -0.05) is 48.5 Å². The number of carbonyl (C=O) groups excluding carboxylic acids is 1. The average molecular weight is 443 g/mol. The molecular weight excluding hydrogens is 411 g/mol. The minimum Gasteiger partial charge on any atom is -0.463 e. The second kappa shape index (κ2) is 11.7. The first-order valence-corrected chi connectivity index (χ1v) is 11.0. The fourth-order valence-corrected chi connectivity index (χ4v) is 3.78. The Bertz CT molecular complexity index is 934. The molecule has 1 heterocycles. The van der Waals surface area contributed by atoms with E-state index in [1.807, 2.05) is 49.1 Å². The summed E-state index contributed by atoms with van der Waals surface area (Å²) < 4.78 is 18.8. The van der Waals surface area contributed by atoms with E-state index >= 15 is 0 Å². The molecule has 1 aliphatic heterocycles. The summed E-state index contributed by atoms with van der Waals surface area (Å²) in [4.78, 5) is 19.3. The summed E-state index contributed by atoms with van der Waals surface area (Å²) in [6.07, 6.45) is 0.624. The molecule has 0 saturated carbocycles. The summed E-state index contributed by atoms with van der Waals surface area (Å²) in [5.41, 5.74) is 3.89. The van der Waals surface area contributed by atoms with Gasteiger partial charge in [-0.05, 0) is 36.6 Å². The van der Waals surface area contributed by atoms with Crippen molar-refractivity contribution in [1.29, 1.82) is 0 Å². The normalized spacial score (nSPS) is 16.5. The zero-order valence-electron chi connectivity index (χ0n) is 18.7. The van der Waals surface area contributed by atoms with E-state index in [0.29, 0.717) is 32.4 Å². The van der Waals surface area contributed by atoms with Crippen LogP contribution in [0.25, 0.3) is 0 Å². The number of oxime groups is 1. The summed E-state index contributed by atoms with van der Waals surface area (Å²) in [6, 6.07) is 14.4. The van der Waals surface area contributed by atoms with Gasteiger partial charge in [0.1, 0.15) is 24.6 Å². The van der Waals surface area contributed by atoms with Crippen LogP contribution in [0, 0.1) is 12.7 Å². The molecule has 0 aliphatic carbocycles. The summed E-state index contributed by atoms with van der Waals surface area (Å²) in [5.74, 6) is -0.627. The number of ether oxygens (including phenoxy) is 1. The highest BCUT2D eigenvalue weighted by Crippen LogP contribution is 2.21. The van der Waals surface area contributed by atoms with Gasteiger partial charge in [-0.3, -0.25) is 9.69 Å². The molecule has 2 unspecified atom stereocenters. The number of benzene rings is 2. The lowest BCUT2D eigenvalue weighted by molar-refractivity contribution is -0.147. The molecule has 0 bridgehead atoms. The van der Waals surface area contributed by atoms with E-state index in [2.05, 4.69) is 5.16 Å². The van der Waals surface area contributed by atoms with Crippen molar-refractivity contribution in [3.63, 3.8) is 0 Å². The van der Waals surface area contributed by atoms with E-state index in [0.717, 1.165) is 22.4 Å². The van der Waals surface area contributed by atoms with Gasteiger partial charge in [0.25, 0.3) is 0 Å². The van der Waals surface area contributed by atoms with Crippen molar-refractivity contribution in [2.45, 2.75) is 51.9 Å². The number of nitrogens with zero attached hydrogens (tertiary/aromatic N) is 2. The van der Waals surface area contributed by atoms with Crippen molar-refractivity contribution >= 4 is 11.7 Å². The van der Waals surface area contributed by atoms with Crippen LogP contribution in [-0.4, -0.2) is 53.6 Å². The highest BCUT2D eigenvalue weighted by molar-refractivity contribution is 6.02. The van der Waals surface area contributed by atoms with E-state index in [1.165, 1.54) is 12.1 Å². The molecule has 1 aliphatic rings. The first-order valence-electron chi connectivity index (χ1n) is 11.0. The average Bonchev–Trinajstić information content (AvgIpc) is 3.21. The van der Waals surface area contributed by atoms with Crippen molar-refractivity contribution in [2.75, 3.05) is 19.7 Å². The lowest BCUT2D eigenvalue weighted by Gasteiger charge is -2.27. The maximum Gasteiger partial charge on any atom is 0.305 e. The van der Waals surface area contributed by atoms with Gasteiger partial charge in [0.2, 0.25) is 0 Å². The Morgan fingerprint density at radius 2 is 2.12 bits per heavy atom. The van der Waals surface area contributed by atoms with Crippen LogP contribution in [0.2, 0.25) is 0 Å². The van der Waals surface area contributed by atoms with Crippen molar-refractivity contribution in [2.24, 2.45) is 5.16 Å². The van der Waals surface area contributed by atoms with Crippen molar-refractivity contribution in [3.8, 4) is 0 Å². The zero-order chi connectivity index (χ0) is 22.9. The van der Waals surface area contributed by atoms with E-state index in [-0.39, 0.29) is 31.0 Å². The van der Waals surface area contributed by atoms with Gasteiger partial charge in [0, 0.05) is 38.0 Å². The number of esters is 1. The summed E-state index contributed by atoms with van der Waals surface area (Å²) in [5, 5.41) is 14.7. The van der Waals surface area contributed by atoms with Gasteiger partial charge in [0.05, 0.1) is 5.71 Å². The molecule has 7 heteroatoms. The molecular formula is C25H31FN2O4. The quantitative estimate of drug-likeness (QED) is 0.536. The van der Waals surface area contributed by atoms with Crippen LogP contribution in [-0.2, 0) is 20.9 Å². The molecule has 0 amide bonds. The number of hydrogen-bond acceptors (Lipinski definition) is 6. The summed E-state index contributed by atoms with van der Waals surface area (Å²) >= 11 is 0. The number of hydrogen-bond donors (Lipinski definition) is 1. The van der Waals surface area contributed by atoms with E-state index in [9.17, 15) is 14.3 Å². The molecule has 0 aromatic heterocycles.